The number of esters is 2. The molecule has 0 aliphatic heterocycles. The van der Waals surface area contributed by atoms with Crippen LogP contribution in [0.1, 0.15) is 73.9 Å². The average molecular weight is 945 g/mol. The van der Waals surface area contributed by atoms with E-state index in [1.54, 1.807) is 152 Å². The SMILES string of the molecule is CCOP(=O)(C(=O)c1c(C)cc(C)c(NC(=O)/C=C/C(=O)OCCCCOC(=O)/C=C/C(=O)Nc2c(C)cc(C)c(C(=O)P(=O)(c3ccccc3)c3ccccc3)c2C)c1C)c1ccccc1. The summed E-state index contributed by atoms with van der Waals surface area (Å²) >= 11 is 0. The highest BCUT2D eigenvalue weighted by Gasteiger charge is 2.39. The van der Waals surface area contributed by atoms with Crippen LogP contribution in [0.15, 0.2) is 127 Å². The highest BCUT2D eigenvalue weighted by atomic mass is 31.2. The molecule has 15 heteroatoms. The van der Waals surface area contributed by atoms with Crippen LogP contribution in [0.25, 0.3) is 0 Å². The summed E-state index contributed by atoms with van der Waals surface area (Å²) in [6.07, 6.45) is 4.59. The van der Waals surface area contributed by atoms with Gasteiger partial charge in [-0.2, -0.15) is 0 Å². The van der Waals surface area contributed by atoms with Crippen LogP contribution in [0.2, 0.25) is 0 Å². The van der Waals surface area contributed by atoms with Gasteiger partial charge in [0.05, 0.1) is 19.8 Å². The van der Waals surface area contributed by atoms with Crippen LogP contribution in [0.5, 0.6) is 0 Å². The standard InChI is InChI=1S/C52H54N2O11P2/c1-8-65-67(62,42-24-16-11-17-25-42)52(60)48-35(3)33-37(5)50(39(48)7)54-44(56)27-29-46(58)64-31-19-18-30-63-45(57)28-26-43(55)53-49-36(4)32-34(2)47(38(49)6)51(59)66(61,40-20-12-9-13-21-40)41-22-14-10-15-23-41/h9-17,20-29,32-33H,8,18-19,30-31H2,1-7H3,(H,53,55)(H,54,56)/b28-26+,29-27+. The van der Waals surface area contributed by atoms with E-state index in [1.807, 2.05) is 0 Å². The summed E-state index contributed by atoms with van der Waals surface area (Å²) in [5.74, 6) is -2.87. The second kappa shape index (κ2) is 23.1. The molecule has 0 bridgehead atoms. The number of hydrogen-bond acceptors (Lipinski definition) is 11. The summed E-state index contributed by atoms with van der Waals surface area (Å²) < 4.78 is 44.9. The Hall–Kier alpha value is -6.78. The second-order valence-electron chi connectivity index (χ2n) is 15.7. The third-order valence-electron chi connectivity index (χ3n) is 10.8. The number of nitrogens with one attached hydrogen (secondary N) is 2. The normalized spacial score (nSPS) is 12.3. The molecule has 5 aromatic rings. The van der Waals surface area contributed by atoms with Crippen molar-refractivity contribution in [2.24, 2.45) is 0 Å². The summed E-state index contributed by atoms with van der Waals surface area (Å²) in [5, 5.41) is 6.52. The average Bonchev–Trinajstić information content (AvgIpc) is 3.31. The number of ether oxygens (including phenoxy) is 2. The van der Waals surface area contributed by atoms with E-state index in [0.717, 1.165) is 24.3 Å². The molecule has 1 unspecified atom stereocenters. The van der Waals surface area contributed by atoms with Gasteiger partial charge in [0, 0.05) is 62.7 Å². The van der Waals surface area contributed by atoms with E-state index >= 15 is 0 Å². The zero-order valence-corrected chi connectivity index (χ0v) is 40.3. The van der Waals surface area contributed by atoms with Crippen LogP contribution in [-0.2, 0) is 42.3 Å². The van der Waals surface area contributed by atoms with Crippen molar-refractivity contribution >= 4 is 76.6 Å². The zero-order valence-electron chi connectivity index (χ0n) is 38.5. The zero-order chi connectivity index (χ0) is 48.9. The van der Waals surface area contributed by atoms with Gasteiger partial charge in [-0.15, -0.1) is 0 Å². The summed E-state index contributed by atoms with van der Waals surface area (Å²) in [6, 6.07) is 28.9. The number of rotatable bonds is 20. The Morgan fingerprint density at radius 2 is 0.881 bits per heavy atom. The Kier molecular flexibility index (Phi) is 17.7. The quantitative estimate of drug-likeness (QED) is 0.0328. The molecule has 5 rings (SSSR count). The van der Waals surface area contributed by atoms with Gasteiger partial charge in [0.1, 0.15) is 0 Å². The van der Waals surface area contributed by atoms with E-state index in [4.69, 9.17) is 14.0 Å². The first-order chi connectivity index (χ1) is 31.9. The minimum atomic E-state index is -3.98. The van der Waals surface area contributed by atoms with E-state index in [-0.39, 0.29) is 36.3 Å². The molecule has 13 nitrogen and oxygen atoms in total. The fourth-order valence-electron chi connectivity index (χ4n) is 7.70. The third kappa shape index (κ3) is 12.2. The third-order valence-corrected chi connectivity index (χ3v) is 16.0. The summed E-state index contributed by atoms with van der Waals surface area (Å²) in [7, 11) is -7.82. The van der Waals surface area contributed by atoms with Gasteiger partial charge in [-0.25, -0.2) is 9.59 Å². The minimum absolute atomic E-state index is 0.0315. The molecule has 348 valence electrons. The molecule has 0 radical (unpaired) electrons. The summed E-state index contributed by atoms with van der Waals surface area (Å²) in [5.41, 5.74) is 3.15. The van der Waals surface area contributed by atoms with Crippen molar-refractivity contribution in [1.82, 2.24) is 0 Å². The maximum atomic E-state index is 14.8. The van der Waals surface area contributed by atoms with Crippen LogP contribution < -0.4 is 26.5 Å². The predicted octanol–water partition coefficient (Wildman–Crippen LogP) is 9.03. The lowest BCUT2D eigenvalue weighted by atomic mass is 9.98. The number of carbonyl (C=O) groups is 6. The molecule has 2 N–H and O–H groups in total. The van der Waals surface area contributed by atoms with Gasteiger partial charge in [-0.05, 0) is 107 Å². The second-order valence-corrected chi connectivity index (χ2v) is 20.6. The van der Waals surface area contributed by atoms with Crippen molar-refractivity contribution in [3.8, 4) is 0 Å². The molecule has 1 atom stereocenters. The highest BCUT2D eigenvalue weighted by molar-refractivity contribution is 7.93. The summed E-state index contributed by atoms with van der Waals surface area (Å²) in [4.78, 5) is 79.0. The Bertz CT molecular complexity index is 2800. The maximum Gasteiger partial charge on any atom is 0.330 e. The van der Waals surface area contributed by atoms with Crippen LogP contribution in [0.3, 0.4) is 0 Å². The lowest BCUT2D eigenvalue weighted by Gasteiger charge is -2.22. The molecule has 0 heterocycles. The number of unbranched alkanes of at least 4 members (excludes halogenated alkanes) is 1. The molecule has 0 saturated heterocycles. The topological polar surface area (TPSA) is 188 Å². The van der Waals surface area contributed by atoms with Crippen molar-refractivity contribution in [2.75, 3.05) is 30.5 Å². The molecule has 0 spiro atoms. The van der Waals surface area contributed by atoms with E-state index in [0.29, 0.717) is 68.2 Å². The van der Waals surface area contributed by atoms with Gasteiger partial charge in [0.25, 0.3) is 5.52 Å². The van der Waals surface area contributed by atoms with Gasteiger partial charge < -0.3 is 29.2 Å². The van der Waals surface area contributed by atoms with Crippen LogP contribution in [0, 0.1) is 41.5 Å². The molecule has 0 saturated carbocycles. The van der Waals surface area contributed by atoms with Crippen LogP contribution in [-0.4, -0.2) is 54.6 Å². The number of amides is 2. The Morgan fingerprint density at radius 1 is 0.507 bits per heavy atom. The number of aryl methyl sites for hydroxylation is 4. The van der Waals surface area contributed by atoms with Gasteiger partial charge in [-0.3, -0.25) is 23.7 Å². The monoisotopic (exact) mass is 944 g/mol. The van der Waals surface area contributed by atoms with Crippen molar-refractivity contribution < 1.29 is 51.9 Å². The molecule has 0 aliphatic carbocycles. The first-order valence-corrected chi connectivity index (χ1v) is 24.9. The molecule has 0 aliphatic rings. The van der Waals surface area contributed by atoms with E-state index in [9.17, 15) is 37.9 Å². The predicted molar refractivity (Wildman–Crippen MR) is 262 cm³/mol. The molecule has 0 aromatic heterocycles. The lowest BCUT2D eigenvalue weighted by Crippen LogP contribution is -2.24. The van der Waals surface area contributed by atoms with Crippen molar-refractivity contribution in [1.29, 1.82) is 0 Å². The van der Waals surface area contributed by atoms with Gasteiger partial charge in [-0.1, -0.05) is 91.0 Å². The molecular weight excluding hydrogens is 891 g/mol. The molecule has 67 heavy (non-hydrogen) atoms. The highest BCUT2D eigenvalue weighted by Crippen LogP contribution is 2.51. The van der Waals surface area contributed by atoms with E-state index in [1.165, 1.54) is 0 Å². The Labute approximate surface area is 390 Å². The smallest absolute Gasteiger partial charge is 0.330 e. The Balaban J connectivity index is 1.10. The molecular formula is C52H54N2O11P2. The van der Waals surface area contributed by atoms with Crippen LogP contribution in [0.4, 0.5) is 11.4 Å². The first-order valence-electron chi connectivity index (χ1n) is 21.6. The Morgan fingerprint density at radius 3 is 1.27 bits per heavy atom. The fraction of sp³-hybridized carbons (Fsp3) is 0.231. The first kappa shape index (κ1) is 51.2. The van der Waals surface area contributed by atoms with Crippen molar-refractivity contribution in [3.63, 3.8) is 0 Å². The fourth-order valence-corrected chi connectivity index (χ4v) is 12.4. The van der Waals surface area contributed by atoms with Crippen molar-refractivity contribution in [2.45, 2.75) is 61.3 Å². The van der Waals surface area contributed by atoms with Gasteiger partial charge >= 0.3 is 19.3 Å². The van der Waals surface area contributed by atoms with E-state index < -0.39 is 49.3 Å². The summed E-state index contributed by atoms with van der Waals surface area (Å²) in [6.45, 7) is 12.0. The number of anilines is 2. The maximum absolute atomic E-state index is 14.8. The number of benzene rings is 5. The van der Waals surface area contributed by atoms with Crippen LogP contribution >= 0.6 is 14.5 Å². The van der Waals surface area contributed by atoms with Gasteiger partial charge in [0.2, 0.25) is 24.5 Å². The number of hydrogen-bond donors (Lipinski definition) is 2. The largest absolute Gasteiger partial charge is 0.463 e. The lowest BCUT2D eigenvalue weighted by molar-refractivity contribution is -0.140. The number of carbonyl (C=O) groups excluding carboxylic acids is 6. The van der Waals surface area contributed by atoms with Crippen molar-refractivity contribution in [3.05, 3.63) is 172 Å². The van der Waals surface area contributed by atoms with E-state index in [2.05, 4.69) is 10.6 Å². The van der Waals surface area contributed by atoms with Gasteiger partial charge in [0.15, 0.2) is 0 Å². The minimum Gasteiger partial charge on any atom is -0.463 e. The molecule has 5 aromatic carbocycles. The molecule has 0 fully saturated rings. The molecule has 2 amide bonds.